The van der Waals surface area contributed by atoms with E-state index in [1.54, 1.807) is 29.6 Å². The van der Waals surface area contributed by atoms with Gasteiger partial charge in [-0.1, -0.05) is 35.3 Å². The number of carbonyl (C=O) groups excluding carboxylic acids is 1. The zero-order valence-electron chi connectivity index (χ0n) is 15.5. The second-order valence-corrected chi connectivity index (χ2v) is 8.61. The van der Waals surface area contributed by atoms with Crippen LogP contribution >= 0.6 is 23.2 Å². The van der Waals surface area contributed by atoms with Crippen LogP contribution in [0.3, 0.4) is 0 Å². The molecule has 2 N–H and O–H groups in total. The minimum absolute atomic E-state index is 0.0171. The molecule has 2 aromatic carbocycles. The third-order valence-corrected chi connectivity index (χ3v) is 6.11. The summed E-state index contributed by atoms with van der Waals surface area (Å²) in [5.41, 5.74) is 0.397. The van der Waals surface area contributed by atoms with Crippen molar-refractivity contribution in [3.05, 3.63) is 57.6 Å². The molecule has 0 bridgehead atoms. The van der Waals surface area contributed by atoms with Crippen molar-refractivity contribution in [3.63, 3.8) is 0 Å². The number of hydrogen-bond donors (Lipinski definition) is 2. The lowest BCUT2D eigenvalue weighted by atomic mass is 10.1. The van der Waals surface area contributed by atoms with E-state index in [-0.39, 0.29) is 16.6 Å². The Labute approximate surface area is 181 Å². The van der Waals surface area contributed by atoms with E-state index in [1.807, 2.05) is 0 Å². The van der Waals surface area contributed by atoms with Crippen LogP contribution in [0.2, 0.25) is 10.0 Å². The number of rotatable bonds is 8. The van der Waals surface area contributed by atoms with Crippen LogP contribution in [0.1, 0.15) is 15.9 Å². The Bertz CT molecular complexity index is 1010. The number of benzene rings is 2. The standard InChI is InChI=1S/C18H17Cl2F3N2O4S/c1-29-12-4-2-11(3-5-12)6-7-25-30(27,28)16-8-13(14(19)9-15(16)20)17(26)24-10-18(21,22)23/h2-5,8-9,25H,6-7,10H2,1H3,(H,24,26). The van der Waals surface area contributed by atoms with Gasteiger partial charge in [-0.3, -0.25) is 4.79 Å². The molecule has 164 valence electrons. The van der Waals surface area contributed by atoms with E-state index in [4.69, 9.17) is 27.9 Å². The zero-order chi connectivity index (χ0) is 22.5. The molecule has 0 atom stereocenters. The lowest BCUT2D eigenvalue weighted by molar-refractivity contribution is -0.123. The van der Waals surface area contributed by atoms with Crippen LogP contribution < -0.4 is 14.8 Å². The molecule has 12 heteroatoms. The van der Waals surface area contributed by atoms with Gasteiger partial charge < -0.3 is 10.1 Å². The summed E-state index contributed by atoms with van der Waals surface area (Å²) in [6.07, 6.45) is -4.28. The van der Waals surface area contributed by atoms with Crippen molar-refractivity contribution >= 4 is 39.1 Å². The third kappa shape index (κ3) is 6.76. The molecule has 1 amide bonds. The number of nitrogens with one attached hydrogen (secondary N) is 2. The summed E-state index contributed by atoms with van der Waals surface area (Å²) >= 11 is 11.8. The van der Waals surface area contributed by atoms with Gasteiger partial charge >= 0.3 is 6.18 Å². The van der Waals surface area contributed by atoms with Crippen LogP contribution in [0.25, 0.3) is 0 Å². The lowest BCUT2D eigenvalue weighted by Crippen LogP contribution is -2.34. The van der Waals surface area contributed by atoms with Crippen LogP contribution in [-0.4, -0.2) is 40.7 Å². The van der Waals surface area contributed by atoms with E-state index in [9.17, 15) is 26.4 Å². The highest BCUT2D eigenvalue weighted by atomic mass is 35.5. The van der Waals surface area contributed by atoms with E-state index in [1.165, 1.54) is 7.11 Å². The van der Waals surface area contributed by atoms with Gasteiger partial charge in [-0.25, -0.2) is 13.1 Å². The largest absolute Gasteiger partial charge is 0.497 e. The average Bonchev–Trinajstić information content (AvgIpc) is 2.66. The molecule has 2 aromatic rings. The molecule has 2 rings (SSSR count). The van der Waals surface area contributed by atoms with Gasteiger partial charge in [0.05, 0.1) is 22.7 Å². The normalized spacial score (nSPS) is 11.9. The van der Waals surface area contributed by atoms with Gasteiger partial charge in [0.25, 0.3) is 5.91 Å². The molecule has 0 heterocycles. The first kappa shape index (κ1) is 24.3. The van der Waals surface area contributed by atoms with Crippen molar-refractivity contribution < 1.29 is 31.1 Å². The molecule has 0 radical (unpaired) electrons. The lowest BCUT2D eigenvalue weighted by Gasteiger charge is -2.13. The Morgan fingerprint density at radius 2 is 1.73 bits per heavy atom. The van der Waals surface area contributed by atoms with E-state index >= 15 is 0 Å². The van der Waals surface area contributed by atoms with Gasteiger partial charge in [-0.2, -0.15) is 13.2 Å². The fourth-order valence-electron chi connectivity index (χ4n) is 2.38. The molecule has 0 spiro atoms. The minimum atomic E-state index is -4.63. The van der Waals surface area contributed by atoms with Crippen molar-refractivity contribution in [3.8, 4) is 5.75 Å². The summed E-state index contributed by atoms with van der Waals surface area (Å²) in [7, 11) is -2.63. The van der Waals surface area contributed by atoms with E-state index < -0.39 is 39.1 Å². The Balaban J connectivity index is 2.14. The Morgan fingerprint density at radius 3 is 2.30 bits per heavy atom. The number of ether oxygens (including phenoxy) is 1. The maximum atomic E-state index is 12.6. The topological polar surface area (TPSA) is 84.5 Å². The molecule has 0 aliphatic heterocycles. The fourth-order valence-corrected chi connectivity index (χ4v) is 4.27. The van der Waals surface area contributed by atoms with Crippen LogP contribution in [0.5, 0.6) is 5.75 Å². The van der Waals surface area contributed by atoms with Gasteiger partial charge in [0.2, 0.25) is 10.0 Å². The quantitative estimate of drug-likeness (QED) is 0.596. The fraction of sp³-hybridized carbons (Fsp3) is 0.278. The first-order chi connectivity index (χ1) is 13.9. The third-order valence-electron chi connectivity index (χ3n) is 3.87. The summed E-state index contributed by atoms with van der Waals surface area (Å²) < 4.78 is 69.4. The maximum absolute atomic E-state index is 12.6. The number of sulfonamides is 1. The van der Waals surface area contributed by atoms with Gasteiger partial charge in [0.1, 0.15) is 17.2 Å². The molecule has 0 saturated heterocycles. The summed E-state index contributed by atoms with van der Waals surface area (Å²) in [5, 5.41) is 1.08. The van der Waals surface area contributed by atoms with Crippen molar-refractivity contribution in [2.24, 2.45) is 0 Å². The smallest absolute Gasteiger partial charge is 0.405 e. The SMILES string of the molecule is COc1ccc(CCNS(=O)(=O)c2cc(C(=O)NCC(F)(F)F)c(Cl)cc2Cl)cc1. The van der Waals surface area contributed by atoms with E-state index in [0.29, 0.717) is 12.2 Å². The minimum Gasteiger partial charge on any atom is -0.497 e. The summed E-state index contributed by atoms with van der Waals surface area (Å²) in [6.45, 7) is -1.57. The number of halogens is 5. The molecule has 6 nitrogen and oxygen atoms in total. The number of methoxy groups -OCH3 is 1. The summed E-state index contributed by atoms with van der Waals surface area (Å²) in [4.78, 5) is 11.5. The second-order valence-electron chi connectivity index (χ2n) is 6.06. The van der Waals surface area contributed by atoms with Crippen molar-refractivity contribution in [1.29, 1.82) is 0 Å². The maximum Gasteiger partial charge on any atom is 0.405 e. The number of alkyl halides is 3. The van der Waals surface area contributed by atoms with Gasteiger partial charge in [0, 0.05) is 6.54 Å². The van der Waals surface area contributed by atoms with Gasteiger partial charge in [-0.15, -0.1) is 0 Å². The zero-order valence-corrected chi connectivity index (χ0v) is 17.8. The molecule has 0 fully saturated rings. The van der Waals surface area contributed by atoms with Crippen molar-refractivity contribution in [1.82, 2.24) is 10.0 Å². The van der Waals surface area contributed by atoms with Crippen molar-refractivity contribution in [2.75, 3.05) is 20.2 Å². The Hall–Kier alpha value is -2.01. The number of carbonyl (C=O) groups is 1. The Kier molecular flexibility index (Phi) is 7.98. The van der Waals surface area contributed by atoms with Crippen LogP contribution in [0, 0.1) is 0 Å². The predicted molar refractivity (Wildman–Crippen MR) is 107 cm³/mol. The molecule has 0 aromatic heterocycles. The molecular weight excluding hydrogens is 468 g/mol. The molecular formula is C18H17Cl2F3N2O4S. The van der Waals surface area contributed by atoms with Gasteiger partial charge in [-0.05, 0) is 36.2 Å². The number of amides is 1. The number of hydrogen-bond acceptors (Lipinski definition) is 4. The molecule has 0 aliphatic carbocycles. The predicted octanol–water partition coefficient (Wildman–Crippen LogP) is 3.82. The summed E-state index contributed by atoms with van der Waals surface area (Å²) in [5.74, 6) is -0.521. The monoisotopic (exact) mass is 484 g/mol. The van der Waals surface area contributed by atoms with Gasteiger partial charge in [0.15, 0.2) is 0 Å². The highest BCUT2D eigenvalue weighted by molar-refractivity contribution is 7.89. The van der Waals surface area contributed by atoms with Crippen LogP contribution in [0.15, 0.2) is 41.3 Å². The summed E-state index contributed by atoms with van der Waals surface area (Å²) in [6, 6.07) is 8.82. The first-order valence-electron chi connectivity index (χ1n) is 8.39. The first-order valence-corrected chi connectivity index (χ1v) is 10.6. The Morgan fingerprint density at radius 1 is 1.10 bits per heavy atom. The van der Waals surface area contributed by atoms with Crippen molar-refractivity contribution in [2.45, 2.75) is 17.5 Å². The second kappa shape index (κ2) is 9.86. The van der Waals surface area contributed by atoms with Crippen LogP contribution in [-0.2, 0) is 16.4 Å². The average molecular weight is 485 g/mol. The van der Waals surface area contributed by atoms with E-state index in [0.717, 1.165) is 17.7 Å². The van der Waals surface area contributed by atoms with E-state index in [2.05, 4.69) is 4.72 Å². The molecule has 0 aliphatic rings. The molecule has 30 heavy (non-hydrogen) atoms. The molecule has 0 saturated carbocycles. The molecule has 0 unspecified atom stereocenters. The highest BCUT2D eigenvalue weighted by Crippen LogP contribution is 2.29. The van der Waals surface area contributed by atoms with Crippen LogP contribution in [0.4, 0.5) is 13.2 Å². The highest BCUT2D eigenvalue weighted by Gasteiger charge is 2.29.